The van der Waals surface area contributed by atoms with Gasteiger partial charge < -0.3 is 25.4 Å². The lowest BCUT2D eigenvalue weighted by molar-refractivity contribution is 0.742. The molecule has 3 N–H and O–H groups in total. The SMILES string of the molecule is CCCN(CCC)c1c(N)[nH]c(N(C)C)c1N(CC)CC. The number of hydrogen-bond acceptors (Lipinski definition) is 4. The summed E-state index contributed by atoms with van der Waals surface area (Å²) in [6, 6.07) is 0. The van der Waals surface area contributed by atoms with Crippen molar-refractivity contribution in [2.75, 3.05) is 60.7 Å². The number of anilines is 4. The van der Waals surface area contributed by atoms with Crippen LogP contribution in [-0.4, -0.2) is 45.3 Å². The summed E-state index contributed by atoms with van der Waals surface area (Å²) in [6.45, 7) is 12.9. The van der Waals surface area contributed by atoms with E-state index in [1.165, 1.54) is 11.4 Å². The van der Waals surface area contributed by atoms with Crippen LogP contribution in [0.4, 0.5) is 23.0 Å². The summed E-state index contributed by atoms with van der Waals surface area (Å²) in [6.07, 6.45) is 2.25. The molecular formula is C16H33N5. The first kappa shape index (κ1) is 17.5. The third-order valence-corrected chi connectivity index (χ3v) is 3.79. The lowest BCUT2D eigenvalue weighted by Gasteiger charge is -2.30. The molecule has 0 fully saturated rings. The molecule has 21 heavy (non-hydrogen) atoms. The van der Waals surface area contributed by atoms with Crippen molar-refractivity contribution in [1.82, 2.24) is 4.98 Å². The van der Waals surface area contributed by atoms with E-state index in [1.54, 1.807) is 0 Å². The number of nitrogens with two attached hydrogens (primary N) is 1. The van der Waals surface area contributed by atoms with Crippen molar-refractivity contribution in [3.8, 4) is 0 Å². The van der Waals surface area contributed by atoms with Crippen LogP contribution in [0.25, 0.3) is 0 Å². The molecule has 0 unspecified atom stereocenters. The Kier molecular flexibility index (Phi) is 6.72. The van der Waals surface area contributed by atoms with E-state index in [1.807, 2.05) is 0 Å². The summed E-state index contributed by atoms with van der Waals surface area (Å²) in [5, 5.41) is 0. The Labute approximate surface area is 130 Å². The number of nitrogens with one attached hydrogen (secondary N) is 1. The van der Waals surface area contributed by atoms with Crippen LogP contribution >= 0.6 is 0 Å². The van der Waals surface area contributed by atoms with Gasteiger partial charge in [-0.2, -0.15) is 0 Å². The fraction of sp³-hybridized carbons (Fsp3) is 0.750. The van der Waals surface area contributed by atoms with Gasteiger partial charge in [0.2, 0.25) is 0 Å². The monoisotopic (exact) mass is 295 g/mol. The molecule has 1 rings (SSSR count). The Morgan fingerprint density at radius 1 is 0.857 bits per heavy atom. The van der Waals surface area contributed by atoms with Gasteiger partial charge in [-0.1, -0.05) is 13.8 Å². The maximum atomic E-state index is 6.34. The van der Waals surface area contributed by atoms with Crippen LogP contribution in [0.1, 0.15) is 40.5 Å². The molecule has 0 saturated carbocycles. The van der Waals surface area contributed by atoms with Gasteiger partial charge in [0.05, 0.1) is 0 Å². The molecule has 0 aliphatic rings. The predicted molar refractivity (Wildman–Crippen MR) is 95.9 cm³/mol. The molecule has 1 aromatic heterocycles. The molecule has 1 heterocycles. The zero-order valence-electron chi connectivity index (χ0n) is 14.7. The topological polar surface area (TPSA) is 51.5 Å². The van der Waals surface area contributed by atoms with Gasteiger partial charge in [0.1, 0.15) is 23.0 Å². The van der Waals surface area contributed by atoms with E-state index in [2.05, 4.69) is 61.5 Å². The Hall–Kier alpha value is -1.52. The quantitative estimate of drug-likeness (QED) is 0.735. The van der Waals surface area contributed by atoms with Crippen molar-refractivity contribution in [3.63, 3.8) is 0 Å². The third kappa shape index (κ3) is 3.77. The largest absolute Gasteiger partial charge is 0.383 e. The second-order valence-electron chi connectivity index (χ2n) is 5.64. The molecule has 122 valence electrons. The van der Waals surface area contributed by atoms with Crippen molar-refractivity contribution in [1.29, 1.82) is 0 Å². The smallest absolute Gasteiger partial charge is 0.133 e. The summed E-state index contributed by atoms with van der Waals surface area (Å²) in [5.74, 6) is 1.88. The number of nitrogen functional groups attached to an aromatic ring is 1. The minimum Gasteiger partial charge on any atom is -0.383 e. The van der Waals surface area contributed by atoms with Crippen LogP contribution in [-0.2, 0) is 0 Å². The summed E-state index contributed by atoms with van der Waals surface area (Å²) in [5.41, 5.74) is 8.75. The first-order chi connectivity index (χ1) is 10.0. The number of aromatic amines is 1. The van der Waals surface area contributed by atoms with E-state index in [0.717, 1.165) is 50.7 Å². The van der Waals surface area contributed by atoms with Crippen molar-refractivity contribution >= 4 is 23.0 Å². The molecule has 0 bridgehead atoms. The summed E-state index contributed by atoms with van der Waals surface area (Å²) in [7, 11) is 4.12. The first-order valence-corrected chi connectivity index (χ1v) is 8.20. The highest BCUT2D eigenvalue weighted by Gasteiger charge is 2.24. The van der Waals surface area contributed by atoms with Gasteiger partial charge in [-0.3, -0.25) is 0 Å². The van der Waals surface area contributed by atoms with Crippen molar-refractivity contribution in [2.24, 2.45) is 0 Å². The molecule has 0 amide bonds. The number of hydrogen-bond donors (Lipinski definition) is 2. The second kappa shape index (κ2) is 8.05. The summed E-state index contributed by atoms with van der Waals surface area (Å²) in [4.78, 5) is 10.3. The first-order valence-electron chi connectivity index (χ1n) is 8.20. The number of rotatable bonds is 9. The number of nitrogens with zero attached hydrogens (tertiary/aromatic N) is 3. The molecule has 0 aromatic carbocycles. The lowest BCUT2D eigenvalue weighted by atomic mass is 10.2. The molecular weight excluding hydrogens is 262 g/mol. The fourth-order valence-electron chi connectivity index (χ4n) is 2.84. The van der Waals surface area contributed by atoms with Crippen LogP contribution in [0, 0.1) is 0 Å². The van der Waals surface area contributed by atoms with Crippen LogP contribution in [0.15, 0.2) is 0 Å². The van der Waals surface area contributed by atoms with E-state index in [-0.39, 0.29) is 0 Å². The van der Waals surface area contributed by atoms with E-state index < -0.39 is 0 Å². The number of H-pyrrole nitrogens is 1. The standard InChI is InChI=1S/C16H33N5/c1-7-11-21(12-8-2)13-14(20(9-3)10-4)16(19(5)6)18-15(13)17/h18H,7-12,17H2,1-6H3. The maximum Gasteiger partial charge on any atom is 0.133 e. The van der Waals surface area contributed by atoms with Crippen molar-refractivity contribution < 1.29 is 0 Å². The van der Waals surface area contributed by atoms with Crippen molar-refractivity contribution in [3.05, 3.63) is 0 Å². The lowest BCUT2D eigenvalue weighted by Crippen LogP contribution is -2.30. The van der Waals surface area contributed by atoms with Gasteiger partial charge in [0, 0.05) is 40.3 Å². The fourth-order valence-corrected chi connectivity index (χ4v) is 2.84. The average Bonchev–Trinajstić information content (AvgIpc) is 2.78. The molecule has 5 heteroatoms. The van der Waals surface area contributed by atoms with Crippen LogP contribution in [0.2, 0.25) is 0 Å². The van der Waals surface area contributed by atoms with Gasteiger partial charge in [0.25, 0.3) is 0 Å². The predicted octanol–water partition coefficient (Wildman–Crippen LogP) is 3.14. The molecule has 0 aliphatic carbocycles. The molecule has 0 radical (unpaired) electrons. The molecule has 1 aromatic rings. The highest BCUT2D eigenvalue weighted by molar-refractivity contribution is 5.91. The summed E-state index contributed by atoms with van der Waals surface area (Å²) >= 11 is 0. The normalized spacial score (nSPS) is 10.8. The number of aromatic nitrogens is 1. The summed E-state index contributed by atoms with van der Waals surface area (Å²) < 4.78 is 0. The Balaban J connectivity index is 3.39. The highest BCUT2D eigenvalue weighted by Crippen LogP contribution is 2.43. The molecule has 0 saturated heterocycles. The average molecular weight is 295 g/mol. The Morgan fingerprint density at radius 3 is 1.76 bits per heavy atom. The van der Waals surface area contributed by atoms with Crippen molar-refractivity contribution in [2.45, 2.75) is 40.5 Å². The van der Waals surface area contributed by atoms with Gasteiger partial charge >= 0.3 is 0 Å². The molecule has 0 atom stereocenters. The molecule has 0 spiro atoms. The molecule has 0 aliphatic heterocycles. The second-order valence-corrected chi connectivity index (χ2v) is 5.64. The van der Waals surface area contributed by atoms with E-state index in [9.17, 15) is 0 Å². The minimum absolute atomic E-state index is 0.780. The third-order valence-electron chi connectivity index (χ3n) is 3.79. The van der Waals surface area contributed by atoms with E-state index in [0.29, 0.717) is 0 Å². The van der Waals surface area contributed by atoms with Crippen LogP contribution < -0.4 is 20.4 Å². The Bertz CT molecular complexity index is 415. The van der Waals surface area contributed by atoms with Crippen LogP contribution in [0.3, 0.4) is 0 Å². The van der Waals surface area contributed by atoms with E-state index >= 15 is 0 Å². The Morgan fingerprint density at radius 2 is 1.38 bits per heavy atom. The molecule has 5 nitrogen and oxygen atoms in total. The minimum atomic E-state index is 0.780. The van der Waals surface area contributed by atoms with E-state index in [4.69, 9.17) is 5.73 Å². The van der Waals surface area contributed by atoms with Crippen LogP contribution in [0.5, 0.6) is 0 Å². The zero-order chi connectivity index (χ0) is 16.0. The van der Waals surface area contributed by atoms with Gasteiger partial charge in [-0.05, 0) is 26.7 Å². The highest BCUT2D eigenvalue weighted by atomic mass is 15.3. The van der Waals surface area contributed by atoms with Gasteiger partial charge in [0.15, 0.2) is 0 Å². The van der Waals surface area contributed by atoms with Gasteiger partial charge in [-0.15, -0.1) is 0 Å². The maximum absolute atomic E-state index is 6.34. The van der Waals surface area contributed by atoms with Gasteiger partial charge in [-0.25, -0.2) is 0 Å². The zero-order valence-corrected chi connectivity index (χ0v) is 14.7.